The molecule has 0 bridgehead atoms. The Kier molecular flexibility index (Phi) is 9.97. The molecule has 8 heteroatoms. The van der Waals surface area contributed by atoms with Crippen LogP contribution in [0.1, 0.15) is 32.7 Å². The number of hydrogen-bond acceptors (Lipinski definition) is 5. The van der Waals surface area contributed by atoms with Crippen molar-refractivity contribution in [1.82, 2.24) is 4.90 Å². The van der Waals surface area contributed by atoms with Crippen molar-refractivity contribution in [3.8, 4) is 22.6 Å². The largest absolute Gasteiger partial charge is 0.493 e. The second kappa shape index (κ2) is 14.4. The highest BCUT2D eigenvalue weighted by Crippen LogP contribution is 2.32. The quantitative estimate of drug-likeness (QED) is 0.163. The highest BCUT2D eigenvalue weighted by Gasteiger charge is 2.24. The van der Waals surface area contributed by atoms with Crippen molar-refractivity contribution in [2.24, 2.45) is 0 Å². The maximum atomic E-state index is 14.2. The Morgan fingerprint density at radius 3 is 1.96 bits per heavy atom. The zero-order valence-electron chi connectivity index (χ0n) is 26.1. The van der Waals surface area contributed by atoms with Crippen molar-refractivity contribution in [2.45, 2.75) is 12.8 Å². The highest BCUT2D eigenvalue weighted by atomic mass is 16.5. The molecule has 0 aromatic heterocycles. The van der Waals surface area contributed by atoms with E-state index in [4.69, 9.17) is 9.47 Å². The molecule has 5 aromatic rings. The van der Waals surface area contributed by atoms with Crippen LogP contribution in [0.25, 0.3) is 21.9 Å². The van der Waals surface area contributed by atoms with Crippen LogP contribution < -0.4 is 14.4 Å². The van der Waals surface area contributed by atoms with E-state index in [2.05, 4.69) is 0 Å². The Morgan fingerprint density at radius 1 is 0.674 bits per heavy atom. The lowest BCUT2D eigenvalue weighted by Gasteiger charge is -2.25. The maximum Gasteiger partial charge on any atom is 0.305 e. The summed E-state index contributed by atoms with van der Waals surface area (Å²) in [5, 5.41) is 11.4. The molecule has 0 saturated carbocycles. The molecule has 5 aromatic carbocycles. The molecule has 234 valence electrons. The third-order valence-electron chi connectivity index (χ3n) is 8.04. The summed E-state index contributed by atoms with van der Waals surface area (Å²) in [5.74, 6) is -0.362. The van der Waals surface area contributed by atoms with Gasteiger partial charge >= 0.3 is 5.97 Å². The molecule has 0 aliphatic rings. The second-order valence-corrected chi connectivity index (χ2v) is 10.8. The Bertz CT molecular complexity index is 1880. The van der Waals surface area contributed by atoms with E-state index in [-0.39, 0.29) is 31.3 Å². The number of carbonyl (C=O) groups excluding carboxylic acids is 2. The van der Waals surface area contributed by atoms with E-state index in [0.717, 1.165) is 22.0 Å². The number of amides is 2. The summed E-state index contributed by atoms with van der Waals surface area (Å²) in [5.41, 5.74) is 3.72. The van der Waals surface area contributed by atoms with Gasteiger partial charge in [-0.1, -0.05) is 78.9 Å². The van der Waals surface area contributed by atoms with Crippen molar-refractivity contribution < 1.29 is 29.0 Å². The van der Waals surface area contributed by atoms with Crippen molar-refractivity contribution in [3.05, 3.63) is 126 Å². The van der Waals surface area contributed by atoms with E-state index in [9.17, 15) is 19.5 Å². The van der Waals surface area contributed by atoms with Gasteiger partial charge in [0.15, 0.2) is 11.5 Å². The molecule has 46 heavy (non-hydrogen) atoms. The van der Waals surface area contributed by atoms with Gasteiger partial charge in [-0.25, -0.2) is 0 Å². The van der Waals surface area contributed by atoms with Gasteiger partial charge in [0.2, 0.25) is 0 Å². The fraction of sp³-hybridized carbons (Fsp3) is 0.184. The number of methoxy groups -OCH3 is 2. The SMILES string of the molecule is COc1ccc(CCN(CCC(=O)O)C(=O)c2ccccc2-c2ccccc2C(=O)N(C)c2cccc3ccccc23)cc1OC. The molecular weight excluding hydrogens is 580 g/mol. The first kappa shape index (κ1) is 31.8. The molecule has 2 amide bonds. The number of aliphatic carboxylic acids is 1. The average molecular weight is 617 g/mol. The van der Waals surface area contributed by atoms with Crippen molar-refractivity contribution in [1.29, 1.82) is 0 Å². The first-order valence-corrected chi connectivity index (χ1v) is 15.0. The zero-order chi connectivity index (χ0) is 32.6. The minimum Gasteiger partial charge on any atom is -0.493 e. The Hall–Kier alpha value is -5.63. The Balaban J connectivity index is 1.47. The first-order chi connectivity index (χ1) is 22.3. The molecule has 0 saturated heterocycles. The molecule has 0 atom stereocenters. The fourth-order valence-corrected chi connectivity index (χ4v) is 5.62. The number of hydrogen-bond donors (Lipinski definition) is 1. The minimum atomic E-state index is -0.996. The number of anilines is 1. The fourth-order valence-electron chi connectivity index (χ4n) is 5.62. The molecule has 0 aliphatic heterocycles. The summed E-state index contributed by atoms with van der Waals surface area (Å²) < 4.78 is 10.8. The number of carboxylic acid groups (broad SMARTS) is 1. The summed E-state index contributed by atoms with van der Waals surface area (Å²) in [6.45, 7) is 0.306. The predicted molar refractivity (Wildman–Crippen MR) is 180 cm³/mol. The van der Waals surface area contributed by atoms with Crippen LogP contribution >= 0.6 is 0 Å². The van der Waals surface area contributed by atoms with Gasteiger partial charge in [-0.05, 0) is 58.8 Å². The van der Waals surface area contributed by atoms with Gasteiger partial charge in [-0.2, -0.15) is 0 Å². The topological polar surface area (TPSA) is 96.4 Å². The number of carbonyl (C=O) groups is 3. The molecule has 0 heterocycles. The molecule has 0 aliphatic carbocycles. The summed E-state index contributed by atoms with van der Waals surface area (Å²) in [6.07, 6.45) is 0.267. The van der Waals surface area contributed by atoms with E-state index < -0.39 is 5.97 Å². The number of carboxylic acids is 1. The van der Waals surface area contributed by atoms with Gasteiger partial charge in [0.1, 0.15) is 0 Å². The average Bonchev–Trinajstić information content (AvgIpc) is 3.10. The highest BCUT2D eigenvalue weighted by molar-refractivity contribution is 6.14. The summed E-state index contributed by atoms with van der Waals surface area (Å²) in [7, 11) is 4.87. The summed E-state index contributed by atoms with van der Waals surface area (Å²) in [6, 6.07) is 33.7. The van der Waals surface area contributed by atoms with E-state index in [1.165, 1.54) is 0 Å². The molecule has 5 rings (SSSR count). The smallest absolute Gasteiger partial charge is 0.305 e. The van der Waals surface area contributed by atoms with Crippen LogP contribution in [0.5, 0.6) is 11.5 Å². The zero-order valence-corrected chi connectivity index (χ0v) is 26.1. The van der Waals surface area contributed by atoms with Crippen LogP contribution in [-0.4, -0.2) is 62.1 Å². The lowest BCUT2D eigenvalue weighted by Crippen LogP contribution is -2.35. The van der Waals surface area contributed by atoms with E-state index >= 15 is 0 Å². The molecule has 0 unspecified atom stereocenters. The van der Waals surface area contributed by atoms with E-state index in [1.807, 2.05) is 78.9 Å². The standard InChI is InChI=1S/C38H36N2O6/c1-39(33-18-10-12-27-11-4-5-13-28(27)33)37(43)31-16-8-6-14-29(31)30-15-7-9-17-32(30)38(44)40(24-22-36(41)42)23-21-26-19-20-34(45-2)35(25-26)46-3/h4-20,25H,21-24H2,1-3H3,(H,41,42). The van der Waals surface area contributed by atoms with Crippen molar-refractivity contribution in [3.63, 3.8) is 0 Å². The van der Waals surface area contributed by atoms with Crippen molar-refractivity contribution >= 4 is 34.2 Å². The molecule has 8 nitrogen and oxygen atoms in total. The maximum absolute atomic E-state index is 14.2. The van der Waals surface area contributed by atoms with Gasteiger partial charge in [0, 0.05) is 36.7 Å². The normalized spacial score (nSPS) is 10.8. The van der Waals surface area contributed by atoms with Crippen LogP contribution in [0, 0.1) is 0 Å². The third kappa shape index (κ3) is 6.86. The van der Waals surface area contributed by atoms with Crippen molar-refractivity contribution in [2.75, 3.05) is 39.3 Å². The van der Waals surface area contributed by atoms with Gasteiger partial charge in [-0.3, -0.25) is 14.4 Å². The molecule has 0 spiro atoms. The molecule has 1 N–H and O–H groups in total. The second-order valence-electron chi connectivity index (χ2n) is 10.8. The number of rotatable bonds is 12. The van der Waals surface area contributed by atoms with Crippen LogP contribution in [0.4, 0.5) is 5.69 Å². The van der Waals surface area contributed by atoms with E-state index in [1.54, 1.807) is 61.4 Å². The monoisotopic (exact) mass is 616 g/mol. The van der Waals surface area contributed by atoms with E-state index in [0.29, 0.717) is 40.2 Å². The van der Waals surface area contributed by atoms with Gasteiger partial charge in [0.05, 0.1) is 26.3 Å². The number of ether oxygens (including phenoxy) is 2. The van der Waals surface area contributed by atoms with Gasteiger partial charge < -0.3 is 24.4 Å². The summed E-state index contributed by atoms with van der Waals surface area (Å²) >= 11 is 0. The van der Waals surface area contributed by atoms with Crippen LogP contribution in [-0.2, 0) is 11.2 Å². The molecule has 0 radical (unpaired) electrons. The summed E-state index contributed by atoms with van der Waals surface area (Å²) in [4.78, 5) is 43.0. The number of benzene rings is 5. The third-order valence-corrected chi connectivity index (χ3v) is 8.04. The van der Waals surface area contributed by atoms with Gasteiger partial charge in [0.25, 0.3) is 11.8 Å². The lowest BCUT2D eigenvalue weighted by atomic mass is 9.93. The first-order valence-electron chi connectivity index (χ1n) is 15.0. The van der Waals surface area contributed by atoms with Crippen LogP contribution in [0.2, 0.25) is 0 Å². The van der Waals surface area contributed by atoms with Gasteiger partial charge in [-0.15, -0.1) is 0 Å². The minimum absolute atomic E-state index is 0.0280. The Labute approximate surface area is 268 Å². The number of fused-ring (bicyclic) bond motifs is 1. The number of nitrogens with zero attached hydrogens (tertiary/aromatic N) is 2. The van der Waals surface area contributed by atoms with Crippen LogP contribution in [0.3, 0.4) is 0 Å². The predicted octanol–water partition coefficient (Wildman–Crippen LogP) is 6.96. The Morgan fingerprint density at radius 2 is 1.28 bits per heavy atom. The van der Waals surface area contributed by atoms with Crippen LogP contribution in [0.15, 0.2) is 109 Å². The molecule has 0 fully saturated rings. The molecular formula is C38H36N2O6. The lowest BCUT2D eigenvalue weighted by molar-refractivity contribution is -0.137.